The van der Waals surface area contributed by atoms with Crippen LogP contribution in [-0.4, -0.2) is 87.3 Å². The Balaban J connectivity index is 2.32. The number of nitrogens with zero attached hydrogens (tertiary/aromatic N) is 1. The van der Waals surface area contributed by atoms with Gasteiger partial charge in [-0.25, -0.2) is 0 Å². The minimum atomic E-state index is -0.714. The number of carbonyl (C=O) groups is 3. The van der Waals surface area contributed by atoms with Crippen LogP contribution in [0.25, 0.3) is 0 Å². The van der Waals surface area contributed by atoms with Crippen molar-refractivity contribution in [2.75, 3.05) is 52.7 Å². The molecule has 0 radical (unpaired) electrons. The van der Waals surface area contributed by atoms with Gasteiger partial charge in [-0.15, -0.1) is 0 Å². The lowest BCUT2D eigenvalue weighted by Crippen LogP contribution is -2.57. The maximum Gasteiger partial charge on any atom is 0.246 e. The zero-order valence-corrected chi connectivity index (χ0v) is 19.6. The fourth-order valence-corrected chi connectivity index (χ4v) is 3.45. The number of hydrogen-bond donors (Lipinski definition) is 2. The first-order valence-corrected chi connectivity index (χ1v) is 11.2. The second-order valence-electron chi connectivity index (χ2n) is 8.94. The summed E-state index contributed by atoms with van der Waals surface area (Å²) in [6, 6.07) is -1.11. The van der Waals surface area contributed by atoms with Gasteiger partial charge in [0.25, 0.3) is 0 Å². The Hall–Kier alpha value is -1.55. The van der Waals surface area contributed by atoms with E-state index in [0.29, 0.717) is 59.0 Å². The number of rotatable bonds is 15. The highest BCUT2D eigenvalue weighted by Crippen LogP contribution is 2.26. The van der Waals surface area contributed by atoms with Gasteiger partial charge in [-0.1, -0.05) is 20.8 Å². The number of hydrogen-bond acceptors (Lipinski definition) is 7. The van der Waals surface area contributed by atoms with Crippen molar-refractivity contribution in [3.05, 3.63) is 0 Å². The average molecular weight is 444 g/mol. The molecule has 0 bridgehead atoms. The third-order valence-electron chi connectivity index (χ3n) is 5.07. The van der Waals surface area contributed by atoms with E-state index in [1.165, 1.54) is 6.92 Å². The summed E-state index contributed by atoms with van der Waals surface area (Å²) in [6.45, 7) is 10.9. The van der Waals surface area contributed by atoms with E-state index in [2.05, 4.69) is 5.32 Å². The molecule has 1 rings (SSSR count). The van der Waals surface area contributed by atoms with Gasteiger partial charge in [-0.05, 0) is 38.0 Å². The van der Waals surface area contributed by atoms with Gasteiger partial charge in [0.2, 0.25) is 11.8 Å². The zero-order valence-electron chi connectivity index (χ0n) is 19.6. The summed E-state index contributed by atoms with van der Waals surface area (Å²) < 4.78 is 16.2. The fraction of sp³-hybridized carbons (Fsp3) is 0.864. The van der Waals surface area contributed by atoms with Gasteiger partial charge >= 0.3 is 0 Å². The van der Waals surface area contributed by atoms with Crippen LogP contribution in [0.15, 0.2) is 0 Å². The Kier molecular flexibility index (Phi) is 12.9. The van der Waals surface area contributed by atoms with Crippen LogP contribution in [0.2, 0.25) is 0 Å². The standard InChI is InChI=1S/C22H41N3O6/c1-17(26)18-8-5-10-25(18)21(28)20(22(2,3)4)24-19(27)16-31-14-7-12-29-11-6-13-30-15-9-23/h18,20H,5-16,23H2,1-4H3,(H,24,27). The van der Waals surface area contributed by atoms with Crippen molar-refractivity contribution < 1.29 is 28.6 Å². The van der Waals surface area contributed by atoms with Gasteiger partial charge in [0.15, 0.2) is 5.78 Å². The molecule has 0 aromatic carbocycles. The molecule has 2 unspecified atom stereocenters. The van der Waals surface area contributed by atoms with Gasteiger partial charge in [0.05, 0.1) is 12.6 Å². The Morgan fingerprint density at radius 1 is 1.03 bits per heavy atom. The summed E-state index contributed by atoms with van der Waals surface area (Å²) in [4.78, 5) is 38.9. The number of amides is 2. The molecule has 1 aliphatic heterocycles. The molecule has 0 aromatic heterocycles. The van der Waals surface area contributed by atoms with Crippen molar-refractivity contribution in [2.45, 2.75) is 65.5 Å². The molecule has 0 aliphatic carbocycles. The van der Waals surface area contributed by atoms with Gasteiger partial charge in [0, 0.05) is 39.5 Å². The number of nitrogens with two attached hydrogens (primary N) is 1. The monoisotopic (exact) mass is 443 g/mol. The zero-order chi connectivity index (χ0) is 23.3. The van der Waals surface area contributed by atoms with E-state index in [4.69, 9.17) is 19.9 Å². The van der Waals surface area contributed by atoms with Crippen molar-refractivity contribution in [2.24, 2.45) is 11.1 Å². The highest BCUT2D eigenvalue weighted by molar-refractivity contribution is 5.93. The molecule has 1 aliphatic rings. The van der Waals surface area contributed by atoms with Gasteiger partial charge in [0.1, 0.15) is 12.6 Å². The quantitative estimate of drug-likeness (QED) is 0.361. The molecular weight excluding hydrogens is 402 g/mol. The lowest BCUT2D eigenvalue weighted by atomic mass is 9.85. The van der Waals surface area contributed by atoms with E-state index in [1.807, 2.05) is 20.8 Å². The summed E-state index contributed by atoms with van der Waals surface area (Å²) in [5.74, 6) is -0.564. The first kappa shape index (κ1) is 27.5. The molecule has 1 heterocycles. The van der Waals surface area contributed by atoms with Gasteiger partial charge in [-0.3, -0.25) is 14.4 Å². The highest BCUT2D eigenvalue weighted by Gasteiger charge is 2.40. The van der Waals surface area contributed by atoms with Crippen molar-refractivity contribution in [1.82, 2.24) is 10.2 Å². The summed E-state index contributed by atoms with van der Waals surface area (Å²) in [5, 5.41) is 2.81. The number of nitrogens with one attached hydrogen (secondary N) is 1. The Morgan fingerprint density at radius 2 is 1.61 bits per heavy atom. The number of ketones is 1. The molecule has 0 spiro atoms. The van der Waals surface area contributed by atoms with Crippen LogP contribution in [-0.2, 0) is 28.6 Å². The molecule has 0 aromatic rings. The molecular formula is C22H41N3O6. The van der Waals surface area contributed by atoms with Crippen molar-refractivity contribution in [3.63, 3.8) is 0 Å². The van der Waals surface area contributed by atoms with E-state index >= 15 is 0 Å². The highest BCUT2D eigenvalue weighted by atomic mass is 16.5. The van der Waals surface area contributed by atoms with E-state index in [9.17, 15) is 14.4 Å². The van der Waals surface area contributed by atoms with Crippen molar-refractivity contribution >= 4 is 17.6 Å². The summed E-state index contributed by atoms with van der Waals surface area (Å²) in [5.41, 5.74) is 4.85. The van der Waals surface area contributed by atoms with Crippen molar-refractivity contribution in [3.8, 4) is 0 Å². The van der Waals surface area contributed by atoms with Crippen LogP contribution in [0.3, 0.4) is 0 Å². The summed E-state index contributed by atoms with van der Waals surface area (Å²) in [7, 11) is 0. The molecule has 0 saturated carbocycles. The molecule has 1 fully saturated rings. The smallest absolute Gasteiger partial charge is 0.246 e. The normalized spacial score (nSPS) is 17.6. The minimum absolute atomic E-state index is 0.0153. The molecule has 3 N–H and O–H groups in total. The third-order valence-corrected chi connectivity index (χ3v) is 5.07. The maximum absolute atomic E-state index is 13.1. The molecule has 1 saturated heterocycles. The number of ether oxygens (including phenoxy) is 3. The van der Waals surface area contributed by atoms with Crippen LogP contribution in [0.5, 0.6) is 0 Å². The molecule has 2 amide bonds. The van der Waals surface area contributed by atoms with Gasteiger partial charge in [-0.2, -0.15) is 0 Å². The van der Waals surface area contributed by atoms with Crippen LogP contribution in [0.4, 0.5) is 0 Å². The number of carbonyl (C=O) groups excluding carboxylic acids is 3. The second kappa shape index (κ2) is 14.5. The van der Waals surface area contributed by atoms with Crippen LogP contribution in [0.1, 0.15) is 53.4 Å². The SMILES string of the molecule is CC(=O)C1CCCN1C(=O)C(NC(=O)COCCCOCCCOCCN)C(C)(C)C. The molecule has 9 heteroatoms. The molecule has 2 atom stereocenters. The summed E-state index contributed by atoms with van der Waals surface area (Å²) >= 11 is 0. The lowest BCUT2D eigenvalue weighted by Gasteiger charge is -2.35. The Morgan fingerprint density at radius 3 is 2.16 bits per heavy atom. The Bertz CT molecular complexity index is 564. The van der Waals surface area contributed by atoms with Crippen LogP contribution >= 0.6 is 0 Å². The first-order chi connectivity index (χ1) is 14.7. The topological polar surface area (TPSA) is 120 Å². The lowest BCUT2D eigenvalue weighted by molar-refractivity contribution is -0.143. The number of Topliss-reactive ketones (excluding diaryl/α,β-unsaturated/α-hetero) is 1. The van der Waals surface area contributed by atoms with Crippen LogP contribution in [0, 0.1) is 5.41 Å². The molecule has 9 nitrogen and oxygen atoms in total. The minimum Gasteiger partial charge on any atom is -0.381 e. The van der Waals surface area contributed by atoms with Gasteiger partial charge < -0.3 is 30.2 Å². The number of likely N-dealkylation sites (tertiary alicyclic amines) is 1. The Labute approximate surface area is 186 Å². The molecule has 31 heavy (non-hydrogen) atoms. The summed E-state index contributed by atoms with van der Waals surface area (Å²) in [6.07, 6.45) is 2.96. The van der Waals surface area contributed by atoms with E-state index in [0.717, 1.165) is 12.8 Å². The first-order valence-electron chi connectivity index (χ1n) is 11.2. The molecule has 180 valence electrons. The van der Waals surface area contributed by atoms with Crippen molar-refractivity contribution in [1.29, 1.82) is 0 Å². The van der Waals surface area contributed by atoms with Crippen LogP contribution < -0.4 is 11.1 Å². The van der Waals surface area contributed by atoms with E-state index in [-0.39, 0.29) is 24.2 Å². The fourth-order valence-electron chi connectivity index (χ4n) is 3.45. The predicted molar refractivity (Wildman–Crippen MR) is 118 cm³/mol. The third kappa shape index (κ3) is 10.5. The second-order valence-corrected chi connectivity index (χ2v) is 8.94. The van der Waals surface area contributed by atoms with E-state index in [1.54, 1.807) is 4.90 Å². The maximum atomic E-state index is 13.1. The predicted octanol–water partition coefficient (Wildman–Crippen LogP) is 0.886. The largest absolute Gasteiger partial charge is 0.381 e. The van der Waals surface area contributed by atoms with E-state index < -0.39 is 17.5 Å². The average Bonchev–Trinajstić information content (AvgIpc) is 3.19.